The number of nitrogens with one attached hydrogen (secondary N) is 1. The first kappa shape index (κ1) is 15.3. The van der Waals surface area contributed by atoms with E-state index in [9.17, 15) is 9.18 Å². The van der Waals surface area contributed by atoms with E-state index in [-0.39, 0.29) is 12.6 Å². The Kier molecular flexibility index (Phi) is 5.18. The molecule has 0 spiro atoms. The van der Waals surface area contributed by atoms with Crippen molar-refractivity contribution in [3.8, 4) is 11.8 Å². The maximum absolute atomic E-state index is 13.3. The second-order valence-electron chi connectivity index (χ2n) is 5.27. The van der Waals surface area contributed by atoms with Crippen LogP contribution in [-0.4, -0.2) is 35.7 Å². The van der Waals surface area contributed by atoms with Crippen LogP contribution in [0.2, 0.25) is 0 Å². The van der Waals surface area contributed by atoms with Gasteiger partial charge in [-0.25, -0.2) is 9.18 Å². The molecule has 1 unspecified atom stereocenters. The molecule has 1 aromatic rings. The Bertz CT molecular complexity index is 577. The van der Waals surface area contributed by atoms with Crippen molar-refractivity contribution in [1.82, 2.24) is 4.90 Å². The van der Waals surface area contributed by atoms with E-state index in [1.165, 1.54) is 18.2 Å². The van der Waals surface area contributed by atoms with Crippen molar-refractivity contribution in [3.05, 3.63) is 29.6 Å². The molecule has 1 saturated heterocycles. The van der Waals surface area contributed by atoms with E-state index in [2.05, 4.69) is 24.1 Å². The molecule has 4 nitrogen and oxygen atoms in total. The minimum atomic E-state index is -0.429. The van der Waals surface area contributed by atoms with Gasteiger partial charge < -0.3 is 15.3 Å². The molecule has 0 radical (unpaired) electrons. The summed E-state index contributed by atoms with van der Waals surface area (Å²) in [6, 6.07) is 3.82. The van der Waals surface area contributed by atoms with Gasteiger partial charge in [0.15, 0.2) is 0 Å². The van der Waals surface area contributed by atoms with Gasteiger partial charge in [0.05, 0.1) is 11.3 Å². The maximum Gasteiger partial charge on any atom is 0.321 e. The normalized spacial score (nSPS) is 17.9. The number of amides is 2. The number of urea groups is 1. The maximum atomic E-state index is 13.3. The summed E-state index contributed by atoms with van der Waals surface area (Å²) in [5.74, 6) is 5.18. The van der Waals surface area contributed by atoms with Crippen LogP contribution in [0.4, 0.5) is 14.9 Å². The molecule has 1 fully saturated rings. The molecule has 1 aliphatic rings. The molecular weight excluding hydrogens is 271 g/mol. The number of benzene rings is 1. The lowest BCUT2D eigenvalue weighted by Gasteiger charge is -2.31. The summed E-state index contributed by atoms with van der Waals surface area (Å²) in [6.07, 6.45) is 2.13. The molecular formula is C16H19FN2O2. The number of aliphatic hydroxyl groups excluding tert-OH is 1. The van der Waals surface area contributed by atoms with Gasteiger partial charge in [0, 0.05) is 13.1 Å². The highest BCUT2D eigenvalue weighted by Gasteiger charge is 2.21. The van der Waals surface area contributed by atoms with Crippen LogP contribution in [-0.2, 0) is 0 Å². The number of piperidine rings is 1. The highest BCUT2D eigenvalue weighted by molar-refractivity contribution is 5.91. The Hall–Kier alpha value is -2.06. The van der Waals surface area contributed by atoms with Crippen molar-refractivity contribution >= 4 is 11.7 Å². The molecule has 1 atom stereocenters. The van der Waals surface area contributed by atoms with Gasteiger partial charge in [-0.15, -0.1) is 0 Å². The lowest BCUT2D eigenvalue weighted by atomic mass is 10.0. The fourth-order valence-electron chi connectivity index (χ4n) is 2.43. The summed E-state index contributed by atoms with van der Waals surface area (Å²) in [4.78, 5) is 14.0. The lowest BCUT2D eigenvalue weighted by Crippen LogP contribution is -2.41. The molecule has 0 aliphatic carbocycles. The fourth-order valence-corrected chi connectivity index (χ4v) is 2.43. The van der Waals surface area contributed by atoms with E-state index in [0.29, 0.717) is 17.2 Å². The number of likely N-dealkylation sites (tertiary alicyclic amines) is 1. The Morgan fingerprint density at radius 2 is 2.38 bits per heavy atom. The van der Waals surface area contributed by atoms with Crippen molar-refractivity contribution < 1.29 is 14.3 Å². The van der Waals surface area contributed by atoms with E-state index in [4.69, 9.17) is 5.11 Å². The van der Waals surface area contributed by atoms with Gasteiger partial charge in [-0.1, -0.05) is 18.8 Å². The molecule has 2 amide bonds. The molecule has 0 bridgehead atoms. The number of hydrogen-bond donors (Lipinski definition) is 2. The van der Waals surface area contributed by atoms with Crippen LogP contribution in [0.1, 0.15) is 25.3 Å². The van der Waals surface area contributed by atoms with Crippen molar-refractivity contribution in [2.24, 2.45) is 5.92 Å². The van der Waals surface area contributed by atoms with Crippen molar-refractivity contribution in [2.75, 3.05) is 25.0 Å². The highest BCUT2D eigenvalue weighted by Crippen LogP contribution is 2.19. The number of carbonyl (C=O) groups excluding carboxylic acids is 1. The van der Waals surface area contributed by atoms with Gasteiger partial charge in [0.1, 0.15) is 12.4 Å². The molecule has 0 aromatic heterocycles. The monoisotopic (exact) mass is 290 g/mol. The summed E-state index contributed by atoms with van der Waals surface area (Å²) < 4.78 is 13.3. The van der Waals surface area contributed by atoms with Gasteiger partial charge in [0.2, 0.25) is 0 Å². The standard InChI is InChI=1S/C16H19FN2O2/c1-12-4-2-8-19(11-12)16(21)18-15-7-6-14(17)10-13(15)5-3-9-20/h6-7,10,12,20H,2,4,8-9,11H2,1H3,(H,18,21). The average Bonchev–Trinajstić information content (AvgIpc) is 2.47. The molecule has 21 heavy (non-hydrogen) atoms. The summed E-state index contributed by atoms with van der Waals surface area (Å²) >= 11 is 0. The third kappa shape index (κ3) is 4.20. The summed E-state index contributed by atoms with van der Waals surface area (Å²) in [6.45, 7) is 3.27. The zero-order valence-corrected chi connectivity index (χ0v) is 12.0. The van der Waals surface area contributed by atoms with Crippen LogP contribution < -0.4 is 5.32 Å². The summed E-state index contributed by atoms with van der Waals surface area (Å²) in [7, 11) is 0. The quantitative estimate of drug-likeness (QED) is 0.781. The number of aliphatic hydroxyl groups is 1. The molecule has 2 rings (SSSR count). The first-order valence-electron chi connectivity index (χ1n) is 7.05. The fraction of sp³-hybridized carbons (Fsp3) is 0.438. The van der Waals surface area contributed by atoms with Crippen LogP contribution in [0.3, 0.4) is 0 Å². The molecule has 112 valence electrons. The van der Waals surface area contributed by atoms with Crippen LogP contribution >= 0.6 is 0 Å². The first-order valence-corrected chi connectivity index (χ1v) is 7.05. The predicted molar refractivity (Wildman–Crippen MR) is 79.4 cm³/mol. The summed E-state index contributed by atoms with van der Waals surface area (Å²) in [5.41, 5.74) is 0.822. The number of rotatable bonds is 1. The Morgan fingerprint density at radius 3 is 3.10 bits per heavy atom. The van der Waals surface area contributed by atoms with Gasteiger partial charge in [-0.3, -0.25) is 0 Å². The minimum Gasteiger partial charge on any atom is -0.384 e. The van der Waals surface area contributed by atoms with E-state index in [0.717, 1.165) is 25.9 Å². The van der Waals surface area contributed by atoms with Crippen molar-refractivity contribution in [3.63, 3.8) is 0 Å². The zero-order valence-electron chi connectivity index (χ0n) is 12.0. The SMILES string of the molecule is CC1CCCN(C(=O)Nc2ccc(F)cc2C#CCO)C1. The number of carbonyl (C=O) groups is 1. The average molecular weight is 290 g/mol. The first-order chi connectivity index (χ1) is 10.1. The molecule has 1 heterocycles. The molecule has 5 heteroatoms. The van der Waals surface area contributed by atoms with Crippen LogP contribution in [0.15, 0.2) is 18.2 Å². The van der Waals surface area contributed by atoms with Crippen LogP contribution in [0, 0.1) is 23.6 Å². The largest absolute Gasteiger partial charge is 0.384 e. The second kappa shape index (κ2) is 7.09. The van der Waals surface area contributed by atoms with Gasteiger partial charge in [-0.2, -0.15) is 0 Å². The molecule has 2 N–H and O–H groups in total. The Labute approximate surface area is 124 Å². The Morgan fingerprint density at radius 1 is 1.57 bits per heavy atom. The smallest absolute Gasteiger partial charge is 0.321 e. The van der Waals surface area contributed by atoms with Crippen LogP contribution in [0.25, 0.3) is 0 Å². The van der Waals surface area contributed by atoms with Gasteiger partial charge >= 0.3 is 6.03 Å². The lowest BCUT2D eigenvalue weighted by molar-refractivity contribution is 0.182. The van der Waals surface area contributed by atoms with Crippen LogP contribution in [0.5, 0.6) is 0 Å². The number of halogens is 1. The van der Waals surface area contributed by atoms with E-state index < -0.39 is 5.82 Å². The number of anilines is 1. The third-order valence-electron chi connectivity index (χ3n) is 3.47. The predicted octanol–water partition coefficient (Wildman–Crippen LogP) is 2.43. The summed E-state index contributed by atoms with van der Waals surface area (Å²) in [5, 5.41) is 11.5. The zero-order chi connectivity index (χ0) is 15.2. The van der Waals surface area contributed by atoms with Crippen molar-refractivity contribution in [1.29, 1.82) is 0 Å². The van der Waals surface area contributed by atoms with Crippen molar-refractivity contribution in [2.45, 2.75) is 19.8 Å². The van der Waals surface area contributed by atoms with E-state index in [1.54, 1.807) is 4.90 Å². The Balaban J connectivity index is 2.13. The van der Waals surface area contributed by atoms with Gasteiger partial charge in [-0.05, 0) is 37.0 Å². The topological polar surface area (TPSA) is 52.6 Å². The van der Waals surface area contributed by atoms with Gasteiger partial charge in [0.25, 0.3) is 0 Å². The molecule has 1 aromatic carbocycles. The molecule has 0 saturated carbocycles. The highest BCUT2D eigenvalue weighted by atomic mass is 19.1. The second-order valence-corrected chi connectivity index (χ2v) is 5.27. The third-order valence-corrected chi connectivity index (χ3v) is 3.47. The number of nitrogens with zero attached hydrogens (tertiary/aromatic N) is 1. The minimum absolute atomic E-state index is 0.194. The number of hydrogen-bond acceptors (Lipinski definition) is 2. The molecule has 1 aliphatic heterocycles. The van der Waals surface area contributed by atoms with E-state index in [1.807, 2.05) is 0 Å². The van der Waals surface area contributed by atoms with E-state index >= 15 is 0 Å².